The molecule has 2 N–H and O–H groups in total. The molecule has 0 aromatic heterocycles. The van der Waals surface area contributed by atoms with Crippen LogP contribution in [0.1, 0.15) is 33.2 Å². The Labute approximate surface area is 147 Å². The fourth-order valence-corrected chi connectivity index (χ4v) is 2.13. The Morgan fingerprint density at radius 2 is 1.56 bits per heavy atom. The summed E-state index contributed by atoms with van der Waals surface area (Å²) in [5, 5.41) is 0. The molecule has 2 rings (SSSR count). The molecule has 25 heavy (non-hydrogen) atoms. The highest BCUT2D eigenvalue weighted by molar-refractivity contribution is 5.99. The van der Waals surface area contributed by atoms with Crippen LogP contribution in [-0.2, 0) is 4.74 Å². The van der Waals surface area contributed by atoms with E-state index in [0.29, 0.717) is 36.7 Å². The van der Waals surface area contributed by atoms with Crippen molar-refractivity contribution in [2.75, 3.05) is 19.8 Å². The lowest BCUT2D eigenvalue weighted by molar-refractivity contribution is 0.0846. The van der Waals surface area contributed by atoms with Crippen LogP contribution in [0, 0.1) is 6.92 Å². The normalized spacial score (nSPS) is 10.2. The van der Waals surface area contributed by atoms with E-state index in [4.69, 9.17) is 9.47 Å². The van der Waals surface area contributed by atoms with Crippen molar-refractivity contribution in [1.29, 1.82) is 0 Å². The molecule has 0 heterocycles. The van der Waals surface area contributed by atoms with Gasteiger partial charge in [0, 0.05) is 17.7 Å². The zero-order valence-corrected chi connectivity index (χ0v) is 14.4. The molecule has 2 amide bonds. The minimum absolute atomic E-state index is 0.374. The van der Waals surface area contributed by atoms with E-state index in [-0.39, 0.29) is 5.91 Å². The van der Waals surface area contributed by atoms with Gasteiger partial charge in [0.05, 0.1) is 6.61 Å². The van der Waals surface area contributed by atoms with Crippen LogP contribution in [0.15, 0.2) is 48.5 Å². The van der Waals surface area contributed by atoms with Gasteiger partial charge in [-0.3, -0.25) is 20.4 Å². The Morgan fingerprint density at radius 3 is 2.20 bits per heavy atom. The van der Waals surface area contributed by atoms with E-state index in [2.05, 4.69) is 10.9 Å². The zero-order chi connectivity index (χ0) is 18.1. The summed E-state index contributed by atoms with van der Waals surface area (Å²) in [5.41, 5.74) is 6.64. The summed E-state index contributed by atoms with van der Waals surface area (Å²) >= 11 is 0. The van der Waals surface area contributed by atoms with Gasteiger partial charge in [-0.1, -0.05) is 23.8 Å². The van der Waals surface area contributed by atoms with Crippen LogP contribution in [0.5, 0.6) is 5.75 Å². The minimum Gasteiger partial charge on any atom is -0.491 e. The number of carbonyl (C=O) groups excluding carboxylic acids is 2. The van der Waals surface area contributed by atoms with Gasteiger partial charge in [-0.25, -0.2) is 0 Å². The van der Waals surface area contributed by atoms with E-state index >= 15 is 0 Å². The number of rotatable bonds is 7. The topological polar surface area (TPSA) is 76.7 Å². The first-order chi connectivity index (χ1) is 12.1. The van der Waals surface area contributed by atoms with Crippen LogP contribution in [0.25, 0.3) is 0 Å². The van der Waals surface area contributed by atoms with E-state index in [1.807, 2.05) is 19.9 Å². The van der Waals surface area contributed by atoms with Gasteiger partial charge in [-0.15, -0.1) is 0 Å². The van der Waals surface area contributed by atoms with Crippen LogP contribution in [0.3, 0.4) is 0 Å². The predicted octanol–water partition coefficient (Wildman–Crippen LogP) is 2.49. The number of hydrogen-bond donors (Lipinski definition) is 2. The first-order valence-electron chi connectivity index (χ1n) is 8.08. The Morgan fingerprint density at radius 1 is 0.920 bits per heavy atom. The summed E-state index contributed by atoms with van der Waals surface area (Å²) in [5.74, 6) is -0.227. The monoisotopic (exact) mass is 342 g/mol. The van der Waals surface area contributed by atoms with Crippen molar-refractivity contribution in [1.82, 2.24) is 10.9 Å². The molecule has 0 saturated carbocycles. The van der Waals surface area contributed by atoms with Gasteiger partial charge in [0.2, 0.25) is 0 Å². The number of amides is 2. The van der Waals surface area contributed by atoms with Crippen molar-refractivity contribution in [3.05, 3.63) is 65.2 Å². The van der Waals surface area contributed by atoms with Gasteiger partial charge in [-0.05, 0) is 44.2 Å². The number of carbonyl (C=O) groups is 2. The van der Waals surface area contributed by atoms with Gasteiger partial charge in [0.1, 0.15) is 12.4 Å². The highest BCUT2D eigenvalue weighted by Crippen LogP contribution is 2.13. The first-order valence-corrected chi connectivity index (χ1v) is 8.08. The number of hydrazine groups is 1. The second kappa shape index (κ2) is 9.44. The van der Waals surface area contributed by atoms with Crippen LogP contribution < -0.4 is 15.6 Å². The van der Waals surface area contributed by atoms with E-state index in [1.165, 1.54) is 0 Å². The molecule has 6 nitrogen and oxygen atoms in total. The van der Waals surface area contributed by atoms with Crippen LogP contribution in [0.4, 0.5) is 0 Å². The molecular weight excluding hydrogens is 320 g/mol. The van der Waals surface area contributed by atoms with Gasteiger partial charge in [0.25, 0.3) is 11.8 Å². The number of aryl methyl sites for hydroxylation is 1. The van der Waals surface area contributed by atoms with Crippen molar-refractivity contribution in [2.45, 2.75) is 13.8 Å². The molecule has 132 valence electrons. The maximum Gasteiger partial charge on any atom is 0.269 e. The average Bonchev–Trinajstić information content (AvgIpc) is 2.63. The van der Waals surface area contributed by atoms with Gasteiger partial charge in [-0.2, -0.15) is 0 Å². The largest absolute Gasteiger partial charge is 0.491 e. The van der Waals surface area contributed by atoms with E-state index < -0.39 is 5.91 Å². The van der Waals surface area contributed by atoms with Crippen LogP contribution in [-0.4, -0.2) is 31.6 Å². The molecular formula is C19H22N2O4. The Hall–Kier alpha value is -2.86. The molecule has 6 heteroatoms. The third-order valence-electron chi connectivity index (χ3n) is 3.37. The molecule has 0 spiro atoms. The quantitative estimate of drug-likeness (QED) is 0.599. The Kier molecular flexibility index (Phi) is 6.98. The van der Waals surface area contributed by atoms with Gasteiger partial charge in [0.15, 0.2) is 0 Å². The Bertz CT molecular complexity index is 731. The van der Waals surface area contributed by atoms with Gasteiger partial charge >= 0.3 is 0 Å². The maximum atomic E-state index is 12.2. The summed E-state index contributed by atoms with van der Waals surface area (Å²) in [6.07, 6.45) is 0. The molecule has 0 saturated heterocycles. The molecule has 0 radical (unpaired) electrons. The second-order valence-corrected chi connectivity index (χ2v) is 5.35. The van der Waals surface area contributed by atoms with E-state index in [0.717, 1.165) is 5.56 Å². The molecule has 0 aliphatic heterocycles. The number of hydrogen-bond acceptors (Lipinski definition) is 4. The second-order valence-electron chi connectivity index (χ2n) is 5.35. The average molecular weight is 342 g/mol. The number of nitrogens with one attached hydrogen (secondary N) is 2. The highest BCUT2D eigenvalue weighted by atomic mass is 16.5. The smallest absolute Gasteiger partial charge is 0.269 e. The third-order valence-corrected chi connectivity index (χ3v) is 3.37. The predicted molar refractivity (Wildman–Crippen MR) is 94.5 cm³/mol. The Balaban J connectivity index is 1.89. The third kappa shape index (κ3) is 5.93. The summed E-state index contributed by atoms with van der Waals surface area (Å²) in [6, 6.07) is 13.8. The standard InChI is InChI=1S/C19H22N2O4/c1-3-24-10-11-25-17-9-5-8-16(13-17)19(23)21-20-18(22)15-7-4-6-14(2)12-15/h4-9,12-13H,3,10-11H2,1-2H3,(H,20,22)(H,21,23). The van der Waals surface area contributed by atoms with Crippen molar-refractivity contribution < 1.29 is 19.1 Å². The summed E-state index contributed by atoms with van der Waals surface area (Å²) in [7, 11) is 0. The molecule has 2 aromatic rings. The van der Waals surface area contributed by atoms with Crippen LogP contribution >= 0.6 is 0 Å². The van der Waals surface area contributed by atoms with Crippen molar-refractivity contribution >= 4 is 11.8 Å². The number of ether oxygens (including phenoxy) is 2. The lowest BCUT2D eigenvalue weighted by Gasteiger charge is -2.10. The zero-order valence-electron chi connectivity index (χ0n) is 14.4. The SMILES string of the molecule is CCOCCOc1cccc(C(=O)NNC(=O)c2cccc(C)c2)c1. The molecule has 0 aliphatic rings. The minimum atomic E-state index is -0.420. The van der Waals surface area contributed by atoms with E-state index in [1.54, 1.807) is 42.5 Å². The lowest BCUT2D eigenvalue weighted by atomic mass is 10.1. The molecule has 0 bridgehead atoms. The van der Waals surface area contributed by atoms with E-state index in [9.17, 15) is 9.59 Å². The van der Waals surface area contributed by atoms with Gasteiger partial charge < -0.3 is 9.47 Å². The fraction of sp³-hybridized carbons (Fsp3) is 0.263. The maximum absolute atomic E-state index is 12.2. The molecule has 0 aliphatic carbocycles. The van der Waals surface area contributed by atoms with Crippen molar-refractivity contribution in [3.8, 4) is 5.75 Å². The van der Waals surface area contributed by atoms with Crippen molar-refractivity contribution in [2.24, 2.45) is 0 Å². The van der Waals surface area contributed by atoms with Crippen molar-refractivity contribution in [3.63, 3.8) is 0 Å². The lowest BCUT2D eigenvalue weighted by Crippen LogP contribution is -2.41. The fourth-order valence-electron chi connectivity index (χ4n) is 2.13. The summed E-state index contributed by atoms with van der Waals surface area (Å²) in [4.78, 5) is 24.2. The summed E-state index contributed by atoms with van der Waals surface area (Å²) < 4.78 is 10.7. The highest BCUT2D eigenvalue weighted by Gasteiger charge is 2.10. The molecule has 2 aromatic carbocycles. The molecule has 0 unspecified atom stereocenters. The number of benzene rings is 2. The first kappa shape index (κ1) is 18.5. The van der Waals surface area contributed by atoms with Crippen LogP contribution in [0.2, 0.25) is 0 Å². The summed E-state index contributed by atoms with van der Waals surface area (Å²) in [6.45, 7) is 5.33. The molecule has 0 atom stereocenters. The molecule has 0 fully saturated rings.